The molecule has 0 aromatic heterocycles. The first-order chi connectivity index (χ1) is 4.40. The van der Waals surface area contributed by atoms with Crippen molar-refractivity contribution < 1.29 is 4.79 Å². The average molecular weight is 124 g/mol. The molecule has 9 heavy (non-hydrogen) atoms. The quantitative estimate of drug-likeness (QED) is 0.511. The van der Waals surface area contributed by atoms with E-state index in [-0.39, 0.29) is 0 Å². The Hall–Kier alpha value is -0.330. The molecule has 1 heteroatoms. The highest BCUT2D eigenvalue weighted by molar-refractivity contribution is 5.55. The smallest absolute Gasteiger partial charge is 0.123 e. The van der Waals surface area contributed by atoms with Crippen LogP contribution in [-0.4, -0.2) is 6.29 Å². The molecule has 0 aliphatic heterocycles. The minimum atomic E-state index is 0.440. The molecule has 0 N–H and O–H groups in total. The molecule has 1 nitrogen and oxygen atoms in total. The van der Waals surface area contributed by atoms with E-state index >= 15 is 0 Å². The van der Waals surface area contributed by atoms with Gasteiger partial charge >= 0.3 is 0 Å². The number of aldehydes is 1. The highest BCUT2D eigenvalue weighted by Gasteiger charge is 2.39. The molecule has 0 atom stereocenters. The van der Waals surface area contributed by atoms with E-state index in [1.165, 1.54) is 25.7 Å². The summed E-state index contributed by atoms with van der Waals surface area (Å²) in [6, 6.07) is 0. The van der Waals surface area contributed by atoms with E-state index in [1.54, 1.807) is 0 Å². The fraction of sp³-hybridized carbons (Fsp3) is 0.875. The lowest BCUT2D eigenvalue weighted by Crippen LogP contribution is -2.25. The zero-order valence-electron chi connectivity index (χ0n) is 5.55. The lowest BCUT2D eigenvalue weighted by atomic mass is 9.73. The molecule has 0 heterocycles. The Balaban J connectivity index is 1.76. The molecule has 0 unspecified atom stereocenters. The summed E-state index contributed by atoms with van der Waals surface area (Å²) in [7, 11) is 0. The fourth-order valence-electron chi connectivity index (χ4n) is 1.77. The second kappa shape index (κ2) is 1.83. The Morgan fingerprint density at radius 1 is 1.11 bits per heavy atom. The van der Waals surface area contributed by atoms with Crippen molar-refractivity contribution in [3.05, 3.63) is 0 Å². The van der Waals surface area contributed by atoms with Gasteiger partial charge < -0.3 is 4.79 Å². The average Bonchev–Trinajstić information content (AvgIpc) is 2.46. The molecule has 2 aliphatic rings. The predicted octanol–water partition coefficient (Wildman–Crippen LogP) is 1.62. The van der Waals surface area contributed by atoms with Crippen LogP contribution in [0.5, 0.6) is 0 Å². The predicted molar refractivity (Wildman–Crippen MR) is 35.0 cm³/mol. The molecule has 0 saturated heterocycles. The summed E-state index contributed by atoms with van der Waals surface area (Å²) in [6.45, 7) is 0. The molecule has 0 radical (unpaired) electrons. The van der Waals surface area contributed by atoms with Crippen LogP contribution in [0.15, 0.2) is 0 Å². The molecule has 0 bridgehead atoms. The van der Waals surface area contributed by atoms with Crippen LogP contribution in [0.4, 0.5) is 0 Å². The Labute approximate surface area is 55.4 Å². The van der Waals surface area contributed by atoms with Crippen LogP contribution >= 0.6 is 0 Å². The van der Waals surface area contributed by atoms with Crippen molar-refractivity contribution in [1.29, 1.82) is 0 Å². The minimum Gasteiger partial charge on any atom is -0.303 e. The molecular formula is C8H12O. The van der Waals surface area contributed by atoms with Gasteiger partial charge in [0.05, 0.1) is 0 Å². The summed E-state index contributed by atoms with van der Waals surface area (Å²) in [5.41, 5.74) is 0. The maximum atomic E-state index is 10.2. The molecule has 2 aliphatic carbocycles. The monoisotopic (exact) mass is 124 g/mol. The highest BCUT2D eigenvalue weighted by Crippen LogP contribution is 2.48. The van der Waals surface area contributed by atoms with Gasteiger partial charge in [-0.2, -0.15) is 0 Å². The third-order valence-electron chi connectivity index (χ3n) is 2.69. The van der Waals surface area contributed by atoms with Gasteiger partial charge in [-0.3, -0.25) is 0 Å². The Morgan fingerprint density at radius 3 is 2.22 bits per heavy atom. The van der Waals surface area contributed by atoms with Crippen LogP contribution in [-0.2, 0) is 4.79 Å². The molecule has 0 aromatic rings. The zero-order valence-corrected chi connectivity index (χ0v) is 5.55. The standard InChI is InChI=1S/C8H12O/c9-5-6-3-8(4-6)7-1-2-7/h5-8H,1-4H2. The number of carbonyl (C=O) groups excluding carboxylic acids is 1. The second-order valence-electron chi connectivity index (χ2n) is 3.47. The molecular weight excluding hydrogens is 112 g/mol. The summed E-state index contributed by atoms with van der Waals surface area (Å²) < 4.78 is 0. The van der Waals surface area contributed by atoms with E-state index in [9.17, 15) is 4.79 Å². The number of rotatable bonds is 2. The largest absolute Gasteiger partial charge is 0.303 e. The third kappa shape index (κ3) is 0.887. The van der Waals surface area contributed by atoms with E-state index in [0.717, 1.165) is 18.1 Å². The van der Waals surface area contributed by atoms with Crippen LogP contribution in [0.1, 0.15) is 25.7 Å². The fourth-order valence-corrected chi connectivity index (χ4v) is 1.77. The van der Waals surface area contributed by atoms with E-state index in [1.807, 2.05) is 0 Å². The zero-order chi connectivity index (χ0) is 6.27. The van der Waals surface area contributed by atoms with Crippen LogP contribution < -0.4 is 0 Å². The second-order valence-corrected chi connectivity index (χ2v) is 3.47. The first-order valence-corrected chi connectivity index (χ1v) is 3.85. The molecule has 50 valence electrons. The van der Waals surface area contributed by atoms with Gasteiger partial charge in [0.1, 0.15) is 6.29 Å². The van der Waals surface area contributed by atoms with Gasteiger partial charge in [0.25, 0.3) is 0 Å². The Morgan fingerprint density at radius 2 is 1.78 bits per heavy atom. The maximum Gasteiger partial charge on any atom is 0.123 e. The van der Waals surface area contributed by atoms with Gasteiger partial charge in [-0.15, -0.1) is 0 Å². The summed E-state index contributed by atoms with van der Waals surface area (Å²) in [5.74, 6) is 2.41. The SMILES string of the molecule is O=CC1CC(C2CC2)C1. The normalized spacial score (nSPS) is 41.8. The van der Waals surface area contributed by atoms with Gasteiger partial charge in [-0.05, 0) is 37.5 Å². The topological polar surface area (TPSA) is 17.1 Å². The third-order valence-corrected chi connectivity index (χ3v) is 2.69. The Bertz CT molecular complexity index is 121. The van der Waals surface area contributed by atoms with Crippen molar-refractivity contribution in [3.8, 4) is 0 Å². The summed E-state index contributed by atoms with van der Waals surface area (Å²) in [5, 5.41) is 0. The number of hydrogen-bond acceptors (Lipinski definition) is 1. The van der Waals surface area contributed by atoms with Crippen molar-refractivity contribution >= 4 is 6.29 Å². The van der Waals surface area contributed by atoms with Crippen molar-refractivity contribution in [1.82, 2.24) is 0 Å². The first-order valence-electron chi connectivity index (χ1n) is 3.85. The molecule has 2 saturated carbocycles. The lowest BCUT2D eigenvalue weighted by Gasteiger charge is -2.31. The van der Waals surface area contributed by atoms with Crippen LogP contribution in [0.25, 0.3) is 0 Å². The van der Waals surface area contributed by atoms with E-state index in [4.69, 9.17) is 0 Å². The van der Waals surface area contributed by atoms with Crippen LogP contribution in [0.3, 0.4) is 0 Å². The van der Waals surface area contributed by atoms with E-state index < -0.39 is 0 Å². The van der Waals surface area contributed by atoms with Crippen molar-refractivity contribution in [2.24, 2.45) is 17.8 Å². The molecule has 0 spiro atoms. The molecule has 2 fully saturated rings. The Kier molecular flexibility index (Phi) is 1.11. The van der Waals surface area contributed by atoms with Crippen molar-refractivity contribution in [2.45, 2.75) is 25.7 Å². The maximum absolute atomic E-state index is 10.2. The summed E-state index contributed by atoms with van der Waals surface area (Å²) in [4.78, 5) is 10.2. The number of carbonyl (C=O) groups is 1. The van der Waals surface area contributed by atoms with E-state index in [2.05, 4.69) is 0 Å². The van der Waals surface area contributed by atoms with E-state index in [0.29, 0.717) is 5.92 Å². The summed E-state index contributed by atoms with van der Waals surface area (Å²) in [6.07, 6.45) is 6.41. The number of hydrogen-bond donors (Lipinski definition) is 0. The van der Waals surface area contributed by atoms with Crippen molar-refractivity contribution in [3.63, 3.8) is 0 Å². The van der Waals surface area contributed by atoms with Gasteiger partial charge in [0.15, 0.2) is 0 Å². The van der Waals surface area contributed by atoms with Crippen molar-refractivity contribution in [2.75, 3.05) is 0 Å². The lowest BCUT2D eigenvalue weighted by molar-refractivity contribution is -0.114. The molecule has 2 rings (SSSR count). The minimum absolute atomic E-state index is 0.440. The van der Waals surface area contributed by atoms with Gasteiger partial charge in [0.2, 0.25) is 0 Å². The first kappa shape index (κ1) is 5.45. The van der Waals surface area contributed by atoms with Gasteiger partial charge in [0, 0.05) is 5.92 Å². The highest BCUT2D eigenvalue weighted by atomic mass is 16.1. The van der Waals surface area contributed by atoms with Crippen LogP contribution in [0, 0.1) is 17.8 Å². The summed E-state index contributed by atoms with van der Waals surface area (Å²) >= 11 is 0. The van der Waals surface area contributed by atoms with Crippen LogP contribution in [0.2, 0.25) is 0 Å². The molecule has 0 aromatic carbocycles. The molecule has 0 amide bonds. The van der Waals surface area contributed by atoms with Gasteiger partial charge in [-0.1, -0.05) is 0 Å². The van der Waals surface area contributed by atoms with Gasteiger partial charge in [-0.25, -0.2) is 0 Å².